The zero-order valence-electron chi connectivity index (χ0n) is 19.7. The molecule has 34 heavy (non-hydrogen) atoms. The monoisotopic (exact) mass is 468 g/mol. The third-order valence-corrected chi connectivity index (χ3v) is 6.74. The fourth-order valence-electron chi connectivity index (χ4n) is 3.85. The molecular formula is C30H28O3S. The zero-order valence-corrected chi connectivity index (χ0v) is 20.5. The second-order valence-corrected chi connectivity index (χ2v) is 9.38. The number of thiophene rings is 1. The quantitative estimate of drug-likeness (QED) is 0.189. The molecule has 0 bridgehead atoms. The van der Waals surface area contributed by atoms with Crippen LogP contribution in [0, 0.1) is 13.8 Å². The Bertz CT molecular complexity index is 1280. The van der Waals surface area contributed by atoms with E-state index in [0.717, 1.165) is 45.1 Å². The first-order chi connectivity index (χ1) is 16.5. The predicted molar refractivity (Wildman–Crippen MR) is 140 cm³/mol. The maximum atomic E-state index is 12.8. The molecule has 0 aliphatic heterocycles. The molecule has 0 radical (unpaired) electrons. The molecule has 0 aliphatic carbocycles. The molecule has 0 unspecified atom stereocenters. The summed E-state index contributed by atoms with van der Waals surface area (Å²) < 4.78 is 11.7. The minimum Gasteiger partial charge on any atom is -0.496 e. The number of para-hydroxylation sites is 1. The summed E-state index contributed by atoms with van der Waals surface area (Å²) in [6.45, 7) is 4.47. The number of carbonyl (C=O) groups excluding carboxylic acids is 1. The van der Waals surface area contributed by atoms with E-state index in [-0.39, 0.29) is 5.78 Å². The first kappa shape index (κ1) is 23.5. The van der Waals surface area contributed by atoms with Gasteiger partial charge in [0.2, 0.25) is 0 Å². The van der Waals surface area contributed by atoms with Gasteiger partial charge in [-0.1, -0.05) is 60.7 Å². The first-order valence-corrected chi connectivity index (χ1v) is 12.1. The number of ether oxygens (including phenoxy) is 2. The van der Waals surface area contributed by atoms with E-state index in [9.17, 15) is 4.79 Å². The van der Waals surface area contributed by atoms with Crippen molar-refractivity contribution in [2.75, 3.05) is 7.11 Å². The van der Waals surface area contributed by atoms with E-state index in [1.165, 1.54) is 10.4 Å². The van der Waals surface area contributed by atoms with Crippen molar-refractivity contribution in [1.29, 1.82) is 0 Å². The van der Waals surface area contributed by atoms with Crippen LogP contribution in [0.15, 0.2) is 84.9 Å². The zero-order chi connectivity index (χ0) is 23.9. The lowest BCUT2D eigenvalue weighted by molar-refractivity contribution is 0.105. The van der Waals surface area contributed by atoms with Crippen LogP contribution in [0.1, 0.15) is 42.4 Å². The van der Waals surface area contributed by atoms with E-state index >= 15 is 0 Å². The molecular weight excluding hydrogens is 440 g/mol. The fraction of sp³-hybridized carbons (Fsp3) is 0.167. The summed E-state index contributed by atoms with van der Waals surface area (Å²) in [6, 6.07) is 26.2. The number of rotatable bonds is 9. The van der Waals surface area contributed by atoms with Gasteiger partial charge in [-0.25, -0.2) is 0 Å². The Kier molecular flexibility index (Phi) is 7.61. The maximum absolute atomic E-state index is 12.8. The molecule has 0 saturated carbocycles. The molecule has 0 atom stereocenters. The molecule has 3 nitrogen and oxygen atoms in total. The highest BCUT2D eigenvalue weighted by Gasteiger charge is 2.10. The average molecular weight is 469 g/mol. The highest BCUT2D eigenvalue weighted by Crippen LogP contribution is 2.27. The van der Waals surface area contributed by atoms with Crippen LogP contribution in [-0.4, -0.2) is 12.9 Å². The highest BCUT2D eigenvalue weighted by molar-refractivity contribution is 7.14. The minimum atomic E-state index is 0.00784. The van der Waals surface area contributed by atoms with Gasteiger partial charge in [-0.15, -0.1) is 11.3 Å². The smallest absolute Gasteiger partial charge is 0.195 e. The summed E-state index contributed by atoms with van der Waals surface area (Å²) in [6.07, 6.45) is 4.32. The Hall–Kier alpha value is -3.63. The van der Waals surface area contributed by atoms with Crippen molar-refractivity contribution in [2.24, 2.45) is 0 Å². The molecule has 0 amide bonds. The number of hydrogen-bond donors (Lipinski definition) is 0. The summed E-state index contributed by atoms with van der Waals surface area (Å²) >= 11 is 1.55. The number of benzene rings is 3. The van der Waals surface area contributed by atoms with Crippen molar-refractivity contribution < 1.29 is 14.3 Å². The summed E-state index contributed by atoms with van der Waals surface area (Å²) in [5.41, 5.74) is 5.30. The molecule has 3 aromatic carbocycles. The number of methoxy groups -OCH3 is 1. The highest BCUT2D eigenvalue weighted by atomic mass is 32.1. The molecule has 1 heterocycles. The lowest BCUT2D eigenvalue weighted by Gasteiger charge is -2.14. The average Bonchev–Trinajstić information content (AvgIpc) is 3.31. The van der Waals surface area contributed by atoms with E-state index in [1.807, 2.05) is 86.7 Å². The van der Waals surface area contributed by atoms with E-state index in [0.29, 0.717) is 6.61 Å². The number of carbonyl (C=O) groups is 1. The molecule has 4 heteroatoms. The first-order valence-electron chi connectivity index (χ1n) is 11.2. The second-order valence-electron chi connectivity index (χ2n) is 8.21. The van der Waals surface area contributed by atoms with Crippen molar-refractivity contribution >= 4 is 23.2 Å². The molecule has 1 aromatic heterocycles. The van der Waals surface area contributed by atoms with E-state index < -0.39 is 0 Å². The van der Waals surface area contributed by atoms with Gasteiger partial charge in [0.15, 0.2) is 5.78 Å². The Morgan fingerprint density at radius 1 is 0.912 bits per heavy atom. The van der Waals surface area contributed by atoms with Gasteiger partial charge in [0.25, 0.3) is 0 Å². The molecule has 0 saturated heterocycles. The minimum absolute atomic E-state index is 0.00784. The van der Waals surface area contributed by atoms with Crippen molar-refractivity contribution in [3.63, 3.8) is 0 Å². The van der Waals surface area contributed by atoms with Gasteiger partial charge in [0, 0.05) is 16.9 Å². The molecule has 0 aliphatic rings. The van der Waals surface area contributed by atoms with Crippen LogP contribution in [-0.2, 0) is 13.0 Å². The van der Waals surface area contributed by atoms with Crippen LogP contribution >= 0.6 is 11.3 Å². The van der Waals surface area contributed by atoms with E-state index in [4.69, 9.17) is 9.47 Å². The van der Waals surface area contributed by atoms with Gasteiger partial charge in [-0.05, 0) is 66.4 Å². The molecule has 0 fully saturated rings. The number of hydrogen-bond acceptors (Lipinski definition) is 4. The van der Waals surface area contributed by atoms with Crippen LogP contribution in [0.2, 0.25) is 0 Å². The Labute approximate surface area is 205 Å². The van der Waals surface area contributed by atoms with E-state index in [1.54, 1.807) is 24.5 Å². The van der Waals surface area contributed by atoms with Gasteiger partial charge in [0.05, 0.1) is 12.0 Å². The number of ketones is 1. The van der Waals surface area contributed by atoms with Crippen LogP contribution < -0.4 is 9.47 Å². The van der Waals surface area contributed by atoms with Gasteiger partial charge in [-0.3, -0.25) is 4.79 Å². The van der Waals surface area contributed by atoms with Gasteiger partial charge < -0.3 is 9.47 Å². The molecule has 0 spiro atoms. The summed E-state index contributed by atoms with van der Waals surface area (Å²) in [4.78, 5) is 14.7. The third kappa shape index (κ3) is 5.83. The normalized spacial score (nSPS) is 11.0. The molecule has 0 N–H and O–H groups in total. The second kappa shape index (κ2) is 11.0. The Morgan fingerprint density at radius 2 is 1.68 bits per heavy atom. The SMILES string of the molecule is COc1ccc(/C=C/C(=O)c2ccc(Cc3ccccc3)s2)cc1COc1c(C)cccc1C. The van der Waals surface area contributed by atoms with Crippen molar-refractivity contribution in [2.45, 2.75) is 26.9 Å². The maximum Gasteiger partial charge on any atom is 0.195 e. The Balaban J connectivity index is 1.45. The van der Waals surface area contributed by atoms with Crippen molar-refractivity contribution in [3.8, 4) is 11.5 Å². The topological polar surface area (TPSA) is 35.5 Å². The summed E-state index contributed by atoms with van der Waals surface area (Å²) in [5, 5.41) is 0. The van der Waals surface area contributed by atoms with Crippen LogP contribution in [0.4, 0.5) is 0 Å². The lowest BCUT2D eigenvalue weighted by atomic mass is 10.1. The molecule has 172 valence electrons. The van der Waals surface area contributed by atoms with Crippen LogP contribution in [0.5, 0.6) is 11.5 Å². The van der Waals surface area contributed by atoms with Gasteiger partial charge in [0.1, 0.15) is 18.1 Å². The fourth-order valence-corrected chi connectivity index (χ4v) is 4.81. The number of aryl methyl sites for hydroxylation is 2. The lowest BCUT2D eigenvalue weighted by Crippen LogP contribution is -2.01. The van der Waals surface area contributed by atoms with Crippen LogP contribution in [0.25, 0.3) is 6.08 Å². The third-order valence-electron chi connectivity index (χ3n) is 5.64. The van der Waals surface area contributed by atoms with Crippen molar-refractivity contribution in [3.05, 3.63) is 123 Å². The predicted octanol–water partition coefficient (Wildman–Crippen LogP) is 7.44. The summed E-state index contributed by atoms with van der Waals surface area (Å²) in [5.74, 6) is 1.66. The number of allylic oxidation sites excluding steroid dienone is 1. The molecule has 4 aromatic rings. The standard InChI is InChI=1S/C30H28O3S/c1-21-8-7-9-22(2)30(21)33-20-25-18-24(13-16-28(25)32-3)12-15-27(31)29-17-14-26(34-29)19-23-10-5-4-6-11-23/h4-18H,19-20H2,1-3H3/b15-12+. The van der Waals surface area contributed by atoms with Gasteiger partial charge in [-0.2, -0.15) is 0 Å². The largest absolute Gasteiger partial charge is 0.496 e. The van der Waals surface area contributed by atoms with E-state index in [2.05, 4.69) is 12.1 Å². The van der Waals surface area contributed by atoms with Crippen molar-refractivity contribution in [1.82, 2.24) is 0 Å². The van der Waals surface area contributed by atoms with Crippen LogP contribution in [0.3, 0.4) is 0 Å². The Morgan fingerprint density at radius 3 is 2.41 bits per heavy atom. The molecule has 4 rings (SSSR count). The summed E-state index contributed by atoms with van der Waals surface area (Å²) in [7, 11) is 1.65. The van der Waals surface area contributed by atoms with Gasteiger partial charge >= 0.3 is 0 Å².